The summed E-state index contributed by atoms with van der Waals surface area (Å²) in [5.41, 5.74) is 7.97. The number of nitrogen functional groups attached to an aromatic ring is 1. The van der Waals surface area contributed by atoms with E-state index in [1.165, 1.54) is 16.2 Å². The summed E-state index contributed by atoms with van der Waals surface area (Å²) in [7, 11) is 5.32. The highest BCUT2D eigenvalue weighted by Crippen LogP contribution is 2.45. The minimum absolute atomic E-state index is 0.0264. The number of likely N-dealkylation sites (tertiary alicyclic amines) is 1. The maximum atomic E-state index is 17.2. The Labute approximate surface area is 302 Å². The molecule has 0 bridgehead atoms. The third kappa shape index (κ3) is 6.13. The summed E-state index contributed by atoms with van der Waals surface area (Å²) in [6, 6.07) is 10.8. The first-order valence-electron chi connectivity index (χ1n) is 16.5. The predicted octanol–water partition coefficient (Wildman–Crippen LogP) is 6.64. The number of thiophene rings is 1. The van der Waals surface area contributed by atoms with Crippen molar-refractivity contribution < 1.29 is 18.3 Å². The largest absolute Gasteiger partial charge is 0.462 e. The molecule has 0 spiro atoms. The molecule has 0 radical (unpaired) electrons. The van der Waals surface area contributed by atoms with Gasteiger partial charge < -0.3 is 25.2 Å². The molecular formula is C36H36ClF2N9O2S. The molecule has 1 fully saturated rings. The number of amides is 1. The van der Waals surface area contributed by atoms with Crippen molar-refractivity contribution in [2.45, 2.75) is 32.9 Å². The zero-order chi connectivity index (χ0) is 36.2. The van der Waals surface area contributed by atoms with Crippen molar-refractivity contribution in [1.82, 2.24) is 29.5 Å². The number of nitriles is 1. The number of piperidine rings is 1. The first-order chi connectivity index (χ1) is 24.4. The molecule has 7 rings (SSSR count). The number of hydrogen-bond acceptors (Lipinski definition) is 10. The van der Waals surface area contributed by atoms with Gasteiger partial charge in [0.2, 0.25) is 0 Å². The molecule has 0 unspecified atom stereocenters. The van der Waals surface area contributed by atoms with Crippen molar-refractivity contribution in [3.05, 3.63) is 70.0 Å². The fourth-order valence-electron chi connectivity index (χ4n) is 7.11. The van der Waals surface area contributed by atoms with Crippen LogP contribution < -0.4 is 15.4 Å². The minimum atomic E-state index is -0.709. The number of carbonyl (C=O) groups excluding carboxylic acids is 1. The van der Waals surface area contributed by atoms with Gasteiger partial charge in [-0.2, -0.15) is 20.3 Å². The fraction of sp³-hybridized carbons (Fsp3) is 0.361. The van der Waals surface area contributed by atoms with Gasteiger partial charge in [-0.05, 0) is 49.2 Å². The Hall–Kier alpha value is -4.84. The third-order valence-corrected chi connectivity index (χ3v) is 11.0. The summed E-state index contributed by atoms with van der Waals surface area (Å²) in [6.45, 7) is 4.67. The van der Waals surface area contributed by atoms with Gasteiger partial charge in [0, 0.05) is 66.7 Å². The summed E-state index contributed by atoms with van der Waals surface area (Å²) in [6.07, 6.45) is 1.87. The molecule has 15 heteroatoms. The highest BCUT2D eigenvalue weighted by molar-refractivity contribution is 7.23. The van der Waals surface area contributed by atoms with Gasteiger partial charge in [-0.3, -0.25) is 9.48 Å². The lowest BCUT2D eigenvalue weighted by Crippen LogP contribution is -2.44. The second-order valence-electron chi connectivity index (χ2n) is 13.6. The first kappa shape index (κ1) is 34.6. The Balaban J connectivity index is 1.38. The number of benzene rings is 2. The molecule has 0 aliphatic carbocycles. The number of halogens is 3. The first-order valence-corrected chi connectivity index (χ1v) is 17.7. The Morgan fingerprint density at radius 3 is 2.80 bits per heavy atom. The summed E-state index contributed by atoms with van der Waals surface area (Å²) >= 11 is 8.19. The van der Waals surface area contributed by atoms with Gasteiger partial charge in [0.15, 0.2) is 11.5 Å². The van der Waals surface area contributed by atoms with Gasteiger partial charge in [-0.25, -0.2) is 8.78 Å². The van der Waals surface area contributed by atoms with Gasteiger partial charge in [-0.1, -0.05) is 30.7 Å². The molecule has 5 heterocycles. The molecule has 264 valence electrons. The second kappa shape index (κ2) is 13.4. The summed E-state index contributed by atoms with van der Waals surface area (Å²) < 4.78 is 40.0. The van der Waals surface area contributed by atoms with E-state index in [-0.39, 0.29) is 40.2 Å². The van der Waals surface area contributed by atoms with Crippen LogP contribution in [-0.2, 0) is 13.1 Å². The molecule has 51 heavy (non-hydrogen) atoms. The van der Waals surface area contributed by atoms with E-state index in [1.807, 2.05) is 29.6 Å². The molecule has 1 amide bonds. The van der Waals surface area contributed by atoms with Crippen molar-refractivity contribution >= 4 is 60.7 Å². The number of fused-ring (bicyclic) bond motifs is 3. The van der Waals surface area contributed by atoms with Crippen LogP contribution in [0.1, 0.15) is 41.5 Å². The quantitative estimate of drug-likeness (QED) is 0.204. The third-order valence-electron chi connectivity index (χ3n) is 9.71. The average molecular weight is 732 g/mol. The van der Waals surface area contributed by atoms with Crippen molar-refractivity contribution in [1.29, 1.82) is 5.26 Å². The molecule has 1 saturated heterocycles. The zero-order valence-electron chi connectivity index (χ0n) is 28.6. The normalized spacial score (nSPS) is 18.9. The number of anilines is 2. The van der Waals surface area contributed by atoms with Gasteiger partial charge in [0.1, 0.15) is 29.0 Å². The van der Waals surface area contributed by atoms with Crippen molar-refractivity contribution in [2.75, 3.05) is 58.0 Å². The smallest absolute Gasteiger partial charge is 0.319 e. The number of hydrogen-bond donors (Lipinski definition) is 1. The van der Waals surface area contributed by atoms with Crippen LogP contribution in [0.3, 0.4) is 0 Å². The van der Waals surface area contributed by atoms with Gasteiger partial charge in [0.05, 0.1) is 29.2 Å². The van der Waals surface area contributed by atoms with E-state index >= 15 is 4.39 Å². The van der Waals surface area contributed by atoms with Crippen molar-refractivity contribution in [3.8, 4) is 23.2 Å². The number of nitrogens with zero attached hydrogens (tertiary/aromatic N) is 8. The van der Waals surface area contributed by atoms with Crippen LogP contribution in [0.15, 0.2) is 42.2 Å². The number of ether oxygens (including phenoxy) is 1. The molecule has 0 saturated carbocycles. The molecule has 3 aromatic heterocycles. The van der Waals surface area contributed by atoms with Crippen molar-refractivity contribution in [3.63, 3.8) is 0 Å². The Morgan fingerprint density at radius 2 is 2.06 bits per heavy atom. The van der Waals surface area contributed by atoms with E-state index < -0.39 is 11.2 Å². The Morgan fingerprint density at radius 1 is 1.25 bits per heavy atom. The van der Waals surface area contributed by atoms with E-state index in [1.54, 1.807) is 38.4 Å². The van der Waals surface area contributed by atoms with Crippen LogP contribution in [-0.4, -0.2) is 82.8 Å². The molecule has 1 atom stereocenters. The number of carbonyl (C=O) groups is 1. The van der Waals surface area contributed by atoms with Crippen LogP contribution in [0.4, 0.5) is 19.6 Å². The van der Waals surface area contributed by atoms with Gasteiger partial charge in [0.25, 0.3) is 5.91 Å². The standard InChI is InChI=1S/C36H36ClF2N9O2S/c1-36(18-46(4)12-9-20(36)15-38)19-50-35-42-31-23(33(43-35)47-10-6-11-48-21(17-47)13-26(44-48)34(49)45(2)3)14-25(37)29(30(31)39)22-7-5-8-27-28(22)24(16-40)32(41)51-27/h5,7-8,13-15H,6,9-12,17-19,41H2,1-4H3/b20-15+/t36-/m0/s1. The van der Waals surface area contributed by atoms with E-state index in [9.17, 15) is 14.4 Å². The summed E-state index contributed by atoms with van der Waals surface area (Å²) in [5.74, 6) is -0.531. The van der Waals surface area contributed by atoms with E-state index in [4.69, 9.17) is 27.1 Å². The number of nitrogens with two attached hydrogens (primary N) is 1. The monoisotopic (exact) mass is 731 g/mol. The summed E-state index contributed by atoms with van der Waals surface area (Å²) in [4.78, 5) is 27.8. The molecule has 2 aromatic carbocycles. The maximum absolute atomic E-state index is 17.2. The summed E-state index contributed by atoms with van der Waals surface area (Å²) in [5, 5.41) is 15.8. The van der Waals surface area contributed by atoms with Crippen LogP contribution in [0.2, 0.25) is 5.02 Å². The zero-order valence-corrected chi connectivity index (χ0v) is 30.2. The number of aryl methyl sites for hydroxylation is 1. The Kier molecular flexibility index (Phi) is 9.07. The lowest BCUT2D eigenvalue weighted by Gasteiger charge is -2.40. The number of aromatic nitrogens is 4. The van der Waals surface area contributed by atoms with Crippen LogP contribution in [0.25, 0.3) is 32.1 Å². The van der Waals surface area contributed by atoms with Gasteiger partial charge in [-0.15, -0.1) is 11.3 Å². The van der Waals surface area contributed by atoms with E-state index in [0.29, 0.717) is 83.8 Å². The Bertz CT molecular complexity index is 2280. The van der Waals surface area contributed by atoms with Gasteiger partial charge >= 0.3 is 6.01 Å². The fourth-order valence-corrected chi connectivity index (χ4v) is 8.35. The molecule has 2 aliphatic rings. The maximum Gasteiger partial charge on any atom is 0.319 e. The predicted molar refractivity (Wildman–Crippen MR) is 195 cm³/mol. The minimum Gasteiger partial charge on any atom is -0.462 e. The lowest BCUT2D eigenvalue weighted by molar-refractivity contribution is 0.0821. The molecular weight excluding hydrogens is 696 g/mol. The van der Waals surface area contributed by atoms with E-state index in [2.05, 4.69) is 21.1 Å². The SMILES string of the molecule is CN1CC/C(=C\F)[C@](C)(COc2nc(N3CCCn4nc(C(=O)N(C)C)cc4C3)c3cc(Cl)c(-c4cccc5sc(N)c(C#N)c45)c(F)c3n2)C1. The van der Waals surface area contributed by atoms with E-state index in [0.717, 1.165) is 16.9 Å². The van der Waals surface area contributed by atoms with Crippen LogP contribution >= 0.6 is 22.9 Å². The topological polar surface area (TPSA) is 129 Å². The number of rotatable bonds is 6. The molecule has 5 aromatic rings. The highest BCUT2D eigenvalue weighted by Gasteiger charge is 2.36. The van der Waals surface area contributed by atoms with Crippen LogP contribution in [0, 0.1) is 22.6 Å². The van der Waals surface area contributed by atoms with Crippen molar-refractivity contribution in [2.24, 2.45) is 5.41 Å². The average Bonchev–Trinajstić information content (AvgIpc) is 3.59. The second-order valence-corrected chi connectivity index (χ2v) is 15.1. The highest BCUT2D eigenvalue weighted by atomic mass is 35.5. The molecule has 11 nitrogen and oxygen atoms in total. The molecule has 2 aliphatic heterocycles. The van der Waals surface area contributed by atoms with Crippen LogP contribution in [0.5, 0.6) is 6.01 Å². The lowest BCUT2D eigenvalue weighted by atomic mass is 9.78. The molecule has 2 N–H and O–H groups in total.